The van der Waals surface area contributed by atoms with E-state index in [9.17, 15) is 4.79 Å². The molecule has 0 aromatic heterocycles. The first-order valence-electron chi connectivity index (χ1n) is 16.7. The fourth-order valence-electron chi connectivity index (χ4n) is 5.87. The van der Waals surface area contributed by atoms with Crippen molar-refractivity contribution in [3.05, 3.63) is 95.1 Å². The van der Waals surface area contributed by atoms with Crippen molar-refractivity contribution >= 4 is 61.4 Å². The Morgan fingerprint density at radius 1 is 0.750 bits per heavy atom. The predicted molar refractivity (Wildman–Crippen MR) is 218 cm³/mol. The topological polar surface area (TPSA) is 45.2 Å². The van der Waals surface area contributed by atoms with Crippen molar-refractivity contribution in [1.82, 2.24) is 5.06 Å². The number of ether oxygens (including phenoxy) is 1. The molecule has 0 saturated carbocycles. The van der Waals surface area contributed by atoms with E-state index in [0.717, 1.165) is 24.4 Å². The molecule has 1 fully saturated rings. The predicted octanol–water partition coefficient (Wildman–Crippen LogP) is 10.6. The molecule has 1 saturated heterocycles. The first-order valence-corrected chi connectivity index (χ1v) is 28.1. The number of amides is 1. The molecule has 1 aliphatic heterocycles. The summed E-state index contributed by atoms with van der Waals surface area (Å²) in [6.07, 6.45) is -0.580. The van der Waals surface area contributed by atoms with Crippen LogP contribution in [0.4, 0.5) is 11.4 Å². The SMILES string of the molecule is CC(C)c1cccc(C(C)C)c1N1[CH-]N(c2c(C(C)C)cccc2C(C)C)CC1.CON(C)C(=O)C(C)Oc1ccccc1[CH]=[Ru]([I])[I]. The third kappa shape index (κ3) is 10.7. The van der Waals surface area contributed by atoms with E-state index in [-0.39, 0.29) is 5.91 Å². The average Bonchev–Trinajstić information content (AvgIpc) is 3.53. The molecule has 1 amide bonds. The van der Waals surface area contributed by atoms with Gasteiger partial charge in [-0.1, -0.05) is 91.8 Å². The molecule has 0 radical (unpaired) electrons. The second kappa shape index (κ2) is 19.2. The van der Waals surface area contributed by atoms with Gasteiger partial charge in [-0.3, -0.25) is 0 Å². The fourth-order valence-corrected chi connectivity index (χ4v) is 9.50. The first-order chi connectivity index (χ1) is 22.7. The maximum atomic E-state index is 11.9. The molecule has 0 bridgehead atoms. The normalized spacial score (nSPS) is 14.0. The second-order valence-corrected chi connectivity index (χ2v) is 33.2. The molecule has 4 rings (SSSR count). The van der Waals surface area contributed by atoms with Gasteiger partial charge in [0.25, 0.3) is 0 Å². The van der Waals surface area contributed by atoms with Crippen LogP contribution >= 0.6 is 39.5 Å². The van der Waals surface area contributed by atoms with Gasteiger partial charge in [-0.05, 0) is 45.9 Å². The van der Waals surface area contributed by atoms with E-state index in [1.54, 1.807) is 14.0 Å². The van der Waals surface area contributed by atoms with Gasteiger partial charge in [-0.25, -0.2) is 0 Å². The van der Waals surface area contributed by atoms with E-state index in [4.69, 9.17) is 9.57 Å². The first kappa shape index (κ1) is 40.9. The number of hydroxylamine groups is 2. The molecule has 48 heavy (non-hydrogen) atoms. The Labute approximate surface area is 316 Å². The number of likely N-dealkylation sites (N-methyl/N-ethyl adjacent to an activating group) is 1. The van der Waals surface area contributed by atoms with Crippen molar-refractivity contribution in [2.75, 3.05) is 37.0 Å². The number of para-hydroxylation sites is 3. The van der Waals surface area contributed by atoms with Crippen LogP contribution in [-0.4, -0.2) is 48.9 Å². The molecule has 0 spiro atoms. The van der Waals surface area contributed by atoms with Gasteiger partial charge in [-0.15, -0.1) is 0 Å². The zero-order chi connectivity index (χ0) is 35.7. The number of halogens is 2. The molecule has 1 atom stereocenters. The number of carbonyl (C=O) groups excluding carboxylic acids is 1. The van der Waals surface area contributed by atoms with E-state index < -0.39 is 14.6 Å². The van der Waals surface area contributed by atoms with E-state index >= 15 is 0 Å². The van der Waals surface area contributed by atoms with Gasteiger partial charge in [0.15, 0.2) is 0 Å². The van der Waals surface area contributed by atoms with E-state index in [1.165, 1.54) is 45.8 Å². The van der Waals surface area contributed by atoms with Crippen LogP contribution in [0, 0.1) is 6.67 Å². The van der Waals surface area contributed by atoms with Crippen molar-refractivity contribution < 1.29 is 22.8 Å². The standard InChI is InChI=1S/C27H39N2.C12H15NO3.2HI.Ru/c1-18(2)22-11-9-12-23(19(3)4)26(22)28-15-16-29(17-28)27-24(20(5)6)13-10-14-25(27)21(7)8;1-9-7-5-6-8-11(9)16-10(2)12(14)13(3)15-4;;;/h9-14,17-21H,15-16H2,1-8H3;1,5-8,10H,2-4H3;2*1H;/q-1;;;;+2/p-2. The summed E-state index contributed by atoms with van der Waals surface area (Å²) >= 11 is 4.90. The summed E-state index contributed by atoms with van der Waals surface area (Å²) in [7, 11) is 2.08. The van der Waals surface area contributed by atoms with Crippen LogP contribution in [0.25, 0.3) is 0 Å². The number of carbonyl (C=O) groups is 1. The van der Waals surface area contributed by atoms with Crippen LogP contribution < -0.4 is 14.5 Å². The maximum absolute atomic E-state index is 11.9. The minimum absolute atomic E-state index is 0.213. The summed E-state index contributed by atoms with van der Waals surface area (Å²) in [6.45, 7) is 24.6. The third-order valence-electron chi connectivity index (χ3n) is 8.46. The van der Waals surface area contributed by atoms with Crippen LogP contribution in [-0.2, 0) is 18.1 Å². The molecular formula is C39H54I2N3O3Ru-. The number of hydrogen-bond donors (Lipinski definition) is 0. The zero-order valence-corrected chi connectivity index (χ0v) is 36.5. The molecular weight excluding hydrogens is 913 g/mol. The number of benzene rings is 3. The summed E-state index contributed by atoms with van der Waals surface area (Å²) in [6, 6.07) is 21.5. The molecule has 3 aromatic rings. The van der Waals surface area contributed by atoms with Crippen molar-refractivity contribution in [2.24, 2.45) is 0 Å². The van der Waals surface area contributed by atoms with Crippen LogP contribution in [0.3, 0.4) is 0 Å². The van der Waals surface area contributed by atoms with Crippen molar-refractivity contribution in [1.29, 1.82) is 0 Å². The minimum atomic E-state index is -0.946. The number of nitrogens with zero attached hydrogens (tertiary/aromatic N) is 3. The Kier molecular flexibility index (Phi) is 16.3. The van der Waals surface area contributed by atoms with Gasteiger partial charge in [0, 0.05) is 24.5 Å². The molecule has 0 N–H and O–H groups in total. The van der Waals surface area contributed by atoms with Gasteiger partial charge in [0.1, 0.15) is 0 Å². The Morgan fingerprint density at radius 2 is 1.17 bits per heavy atom. The molecule has 266 valence electrons. The summed E-state index contributed by atoms with van der Waals surface area (Å²) < 4.78 is 7.97. The Balaban J connectivity index is 0.000000286. The van der Waals surface area contributed by atoms with Crippen LogP contribution in [0.2, 0.25) is 0 Å². The van der Waals surface area contributed by atoms with Gasteiger partial charge in [0.2, 0.25) is 0 Å². The van der Waals surface area contributed by atoms with Gasteiger partial charge in [-0.2, -0.15) is 6.67 Å². The number of rotatable bonds is 11. The second-order valence-electron chi connectivity index (χ2n) is 13.3. The van der Waals surface area contributed by atoms with Crippen LogP contribution in [0.15, 0.2) is 60.7 Å². The molecule has 6 nitrogen and oxygen atoms in total. The molecule has 1 unspecified atom stereocenters. The monoisotopic (exact) mass is 968 g/mol. The van der Waals surface area contributed by atoms with Gasteiger partial charge < -0.3 is 9.80 Å². The van der Waals surface area contributed by atoms with E-state index in [1.807, 2.05) is 24.3 Å². The number of hydrogen-bond acceptors (Lipinski definition) is 5. The van der Waals surface area contributed by atoms with Gasteiger partial charge >= 0.3 is 141 Å². The molecule has 3 aromatic carbocycles. The summed E-state index contributed by atoms with van der Waals surface area (Å²) in [5.74, 6) is 2.58. The Bertz CT molecular complexity index is 1420. The quantitative estimate of drug-likeness (QED) is 0.0829. The fraction of sp³-hybridized carbons (Fsp3) is 0.462. The van der Waals surface area contributed by atoms with Crippen LogP contribution in [0.1, 0.15) is 114 Å². The molecule has 9 heteroatoms. The summed E-state index contributed by atoms with van der Waals surface area (Å²) in [5.41, 5.74) is 9.71. The van der Waals surface area contributed by atoms with Crippen molar-refractivity contribution in [2.45, 2.75) is 92.1 Å². The Hall–Kier alpha value is -1.56. The molecule has 1 aliphatic rings. The Morgan fingerprint density at radius 3 is 1.54 bits per heavy atom. The van der Waals surface area contributed by atoms with Crippen LogP contribution in [0.5, 0.6) is 5.75 Å². The average molecular weight is 968 g/mol. The van der Waals surface area contributed by atoms with E-state index in [0.29, 0.717) is 23.7 Å². The summed E-state index contributed by atoms with van der Waals surface area (Å²) in [4.78, 5) is 21.8. The molecule has 0 aliphatic carbocycles. The van der Waals surface area contributed by atoms with Crippen molar-refractivity contribution in [3.63, 3.8) is 0 Å². The van der Waals surface area contributed by atoms with E-state index in [2.05, 4.69) is 152 Å². The molecule has 1 heterocycles. The zero-order valence-electron chi connectivity index (χ0n) is 30.4. The summed E-state index contributed by atoms with van der Waals surface area (Å²) in [5, 5.41) is 1.17. The van der Waals surface area contributed by atoms with Gasteiger partial charge in [0.05, 0.1) is 0 Å². The number of anilines is 2. The van der Waals surface area contributed by atoms with Crippen molar-refractivity contribution in [3.8, 4) is 5.75 Å². The third-order valence-corrected chi connectivity index (χ3v) is 12.0.